The Hall–Kier alpha value is -2.61. The second-order valence-corrected chi connectivity index (χ2v) is 7.78. The number of benzene rings is 1. The molecule has 1 heterocycles. The van der Waals surface area contributed by atoms with Crippen LogP contribution in [0.5, 0.6) is 5.75 Å². The summed E-state index contributed by atoms with van der Waals surface area (Å²) in [6, 6.07) is 4.52. The highest BCUT2D eigenvalue weighted by molar-refractivity contribution is 5.87. The molecule has 1 aromatic carbocycles. The van der Waals surface area contributed by atoms with Crippen molar-refractivity contribution in [1.29, 1.82) is 0 Å². The van der Waals surface area contributed by atoms with Gasteiger partial charge in [0.25, 0.3) is 0 Å². The molecule has 1 aromatic rings. The molecule has 1 saturated heterocycles. The molecule has 0 aromatic heterocycles. The summed E-state index contributed by atoms with van der Waals surface area (Å²) in [5, 5.41) is 2.63. The van der Waals surface area contributed by atoms with Crippen LogP contribution in [0, 0.1) is 5.82 Å². The summed E-state index contributed by atoms with van der Waals surface area (Å²) >= 11 is 0. The van der Waals surface area contributed by atoms with E-state index in [2.05, 4.69) is 11.9 Å². The molecule has 0 spiro atoms. The van der Waals surface area contributed by atoms with Crippen LogP contribution in [0.2, 0.25) is 0 Å². The number of carbonyl (C=O) groups excluding carboxylic acids is 2. The maximum atomic E-state index is 13.4. The van der Waals surface area contributed by atoms with E-state index in [1.807, 2.05) is 13.8 Å². The van der Waals surface area contributed by atoms with Crippen molar-refractivity contribution in [2.75, 3.05) is 39.5 Å². The van der Waals surface area contributed by atoms with E-state index in [-0.39, 0.29) is 37.4 Å². The Morgan fingerprint density at radius 2 is 2.10 bits per heavy atom. The second-order valence-electron chi connectivity index (χ2n) is 7.78. The zero-order chi connectivity index (χ0) is 22.1. The molecule has 0 saturated carbocycles. The topological polar surface area (TPSA) is 77.1 Å². The first-order valence-electron chi connectivity index (χ1n) is 10.1. The van der Waals surface area contributed by atoms with E-state index in [0.717, 1.165) is 5.56 Å². The van der Waals surface area contributed by atoms with Gasteiger partial charge in [-0.1, -0.05) is 26.5 Å². The minimum Gasteiger partial charge on any atom is -0.491 e. The minimum atomic E-state index is -0.712. The van der Waals surface area contributed by atoms with Crippen molar-refractivity contribution < 1.29 is 28.2 Å². The molecule has 0 aliphatic carbocycles. The smallest absolute Gasteiger partial charge is 0.407 e. The third-order valence-corrected chi connectivity index (χ3v) is 4.86. The zero-order valence-corrected chi connectivity index (χ0v) is 17.9. The molecular weight excluding hydrogens is 391 g/mol. The summed E-state index contributed by atoms with van der Waals surface area (Å²) in [5.74, 6) is 0.229. The molecule has 1 fully saturated rings. The number of alkyl carbamates (subject to hydrolysis) is 1. The van der Waals surface area contributed by atoms with Crippen LogP contribution in [0.1, 0.15) is 38.7 Å². The van der Waals surface area contributed by atoms with Crippen molar-refractivity contribution in [3.05, 3.63) is 42.2 Å². The lowest BCUT2D eigenvalue weighted by molar-refractivity contribution is -0.125. The van der Waals surface area contributed by atoms with E-state index in [9.17, 15) is 14.0 Å². The fourth-order valence-corrected chi connectivity index (χ4v) is 3.24. The summed E-state index contributed by atoms with van der Waals surface area (Å²) in [6.07, 6.45) is 1.28. The lowest BCUT2D eigenvalue weighted by Gasteiger charge is -2.24. The van der Waals surface area contributed by atoms with Gasteiger partial charge in [-0.25, -0.2) is 9.18 Å². The molecule has 1 aliphatic heterocycles. The SMILES string of the molecule is C=CC(=O)N1CC[C@](C)(OC(=O)NCCOCCOc2cc(F)ccc2C(C)C)C1. The predicted molar refractivity (Wildman–Crippen MR) is 111 cm³/mol. The van der Waals surface area contributed by atoms with Crippen molar-refractivity contribution in [2.24, 2.45) is 0 Å². The van der Waals surface area contributed by atoms with Gasteiger partial charge in [0.2, 0.25) is 5.91 Å². The molecule has 0 radical (unpaired) electrons. The minimum absolute atomic E-state index is 0.169. The Morgan fingerprint density at radius 3 is 2.80 bits per heavy atom. The molecule has 0 bridgehead atoms. The van der Waals surface area contributed by atoms with Crippen molar-refractivity contribution in [2.45, 2.75) is 38.7 Å². The van der Waals surface area contributed by atoms with Crippen LogP contribution >= 0.6 is 0 Å². The Morgan fingerprint density at radius 1 is 1.33 bits per heavy atom. The summed E-state index contributed by atoms with van der Waals surface area (Å²) in [4.78, 5) is 25.2. The average molecular weight is 422 g/mol. The number of halogens is 1. The van der Waals surface area contributed by atoms with Crippen molar-refractivity contribution in [1.82, 2.24) is 10.2 Å². The van der Waals surface area contributed by atoms with Crippen LogP contribution in [-0.2, 0) is 14.3 Å². The lowest BCUT2D eigenvalue weighted by Crippen LogP contribution is -2.40. The first kappa shape index (κ1) is 23.7. The van der Waals surface area contributed by atoms with E-state index >= 15 is 0 Å². The highest BCUT2D eigenvalue weighted by Gasteiger charge is 2.38. The summed E-state index contributed by atoms with van der Waals surface area (Å²) < 4.78 is 30.0. The largest absolute Gasteiger partial charge is 0.491 e. The van der Waals surface area contributed by atoms with Gasteiger partial charge in [-0.15, -0.1) is 0 Å². The molecule has 1 N–H and O–H groups in total. The van der Waals surface area contributed by atoms with Gasteiger partial charge in [-0.2, -0.15) is 0 Å². The monoisotopic (exact) mass is 422 g/mol. The highest BCUT2D eigenvalue weighted by Crippen LogP contribution is 2.27. The first-order valence-corrected chi connectivity index (χ1v) is 10.1. The molecule has 2 rings (SSSR count). The standard InChI is InChI=1S/C22H31FN2O5/c1-5-20(26)25-10-8-22(4,15-25)30-21(27)24-9-11-28-12-13-29-19-14-17(23)6-7-18(19)16(2)3/h5-7,14,16H,1,8-13,15H2,2-4H3,(H,24,27)/t22-/m0/s1. The first-order chi connectivity index (χ1) is 14.2. The van der Waals surface area contributed by atoms with Gasteiger partial charge in [0.1, 0.15) is 23.8 Å². The molecular formula is C22H31FN2O5. The van der Waals surface area contributed by atoms with Gasteiger partial charge < -0.3 is 24.4 Å². The molecule has 1 atom stereocenters. The Bertz CT molecular complexity index is 755. The fraction of sp³-hybridized carbons (Fsp3) is 0.545. The van der Waals surface area contributed by atoms with Crippen molar-refractivity contribution in [3.63, 3.8) is 0 Å². The number of hydrogen-bond donors (Lipinski definition) is 1. The molecule has 7 nitrogen and oxygen atoms in total. The number of hydrogen-bond acceptors (Lipinski definition) is 5. The summed E-state index contributed by atoms with van der Waals surface area (Å²) in [5.41, 5.74) is 0.228. The molecule has 30 heavy (non-hydrogen) atoms. The van der Waals surface area contributed by atoms with Crippen LogP contribution in [0.3, 0.4) is 0 Å². The normalized spacial score (nSPS) is 18.4. The lowest BCUT2D eigenvalue weighted by atomic mass is 10.0. The van der Waals surface area contributed by atoms with Crippen LogP contribution in [0.4, 0.5) is 9.18 Å². The Kier molecular flexibility index (Phi) is 8.65. The maximum Gasteiger partial charge on any atom is 0.407 e. The number of nitrogens with zero attached hydrogens (tertiary/aromatic N) is 1. The second kappa shape index (κ2) is 11.0. The predicted octanol–water partition coefficient (Wildman–Crippen LogP) is 3.25. The van der Waals surface area contributed by atoms with E-state index < -0.39 is 11.7 Å². The molecule has 166 valence electrons. The number of rotatable bonds is 10. The number of nitrogens with one attached hydrogen (secondary N) is 1. The van der Waals surface area contributed by atoms with Gasteiger partial charge >= 0.3 is 6.09 Å². The van der Waals surface area contributed by atoms with Crippen LogP contribution in [-0.4, -0.2) is 62.0 Å². The maximum absolute atomic E-state index is 13.4. The molecule has 2 amide bonds. The fourth-order valence-electron chi connectivity index (χ4n) is 3.24. The van der Waals surface area contributed by atoms with Crippen molar-refractivity contribution in [3.8, 4) is 5.75 Å². The van der Waals surface area contributed by atoms with Crippen LogP contribution in [0.25, 0.3) is 0 Å². The zero-order valence-electron chi connectivity index (χ0n) is 17.9. The molecule has 8 heteroatoms. The van der Waals surface area contributed by atoms with E-state index in [4.69, 9.17) is 14.2 Å². The van der Waals surface area contributed by atoms with Crippen LogP contribution in [0.15, 0.2) is 30.9 Å². The van der Waals surface area contributed by atoms with Gasteiger partial charge in [-0.05, 0) is 30.5 Å². The number of likely N-dealkylation sites (tertiary alicyclic amines) is 1. The average Bonchev–Trinajstić information content (AvgIpc) is 3.08. The Balaban J connectivity index is 1.61. The summed E-state index contributed by atoms with van der Waals surface area (Å²) in [6.45, 7) is 11.3. The Labute approximate surface area is 177 Å². The van der Waals surface area contributed by atoms with E-state index in [0.29, 0.717) is 31.9 Å². The molecule has 1 aliphatic rings. The number of carbonyl (C=O) groups is 2. The van der Waals surface area contributed by atoms with E-state index in [1.165, 1.54) is 18.2 Å². The number of ether oxygens (including phenoxy) is 3. The third kappa shape index (κ3) is 7.02. The third-order valence-electron chi connectivity index (χ3n) is 4.86. The van der Waals surface area contributed by atoms with Gasteiger partial charge in [-0.3, -0.25) is 4.79 Å². The molecule has 0 unspecified atom stereocenters. The van der Waals surface area contributed by atoms with E-state index in [1.54, 1.807) is 17.9 Å². The van der Waals surface area contributed by atoms with Gasteiger partial charge in [0.15, 0.2) is 0 Å². The quantitative estimate of drug-likeness (QED) is 0.463. The number of amides is 2. The van der Waals surface area contributed by atoms with Gasteiger partial charge in [0.05, 0.1) is 19.8 Å². The van der Waals surface area contributed by atoms with Crippen molar-refractivity contribution >= 4 is 12.0 Å². The summed E-state index contributed by atoms with van der Waals surface area (Å²) in [7, 11) is 0. The van der Waals surface area contributed by atoms with Crippen LogP contribution < -0.4 is 10.1 Å². The highest BCUT2D eigenvalue weighted by atomic mass is 19.1. The van der Waals surface area contributed by atoms with Gasteiger partial charge in [0, 0.05) is 25.6 Å².